The first-order chi connectivity index (χ1) is 13.1. The molecule has 2 aromatic rings. The molecule has 0 amide bonds. The number of hydrogen-bond acceptors (Lipinski definition) is 5. The molecule has 0 aliphatic carbocycles. The fraction of sp³-hybridized carbons (Fsp3) is 0.550. The molecule has 27 heavy (non-hydrogen) atoms. The van der Waals surface area contributed by atoms with Crippen LogP contribution in [-0.4, -0.2) is 60.8 Å². The van der Waals surface area contributed by atoms with E-state index in [1.54, 1.807) is 0 Å². The van der Waals surface area contributed by atoms with Crippen molar-refractivity contribution in [3.8, 4) is 0 Å². The number of aryl methyl sites for hydroxylation is 3. The fourth-order valence-electron chi connectivity index (χ4n) is 3.45. The van der Waals surface area contributed by atoms with E-state index in [4.69, 9.17) is 4.52 Å². The number of anilines is 1. The first-order valence-electron chi connectivity index (χ1n) is 9.64. The van der Waals surface area contributed by atoms with Crippen molar-refractivity contribution in [2.75, 3.05) is 44.7 Å². The van der Waals surface area contributed by atoms with Crippen molar-refractivity contribution in [1.82, 2.24) is 20.4 Å². The molecule has 0 bridgehead atoms. The molecule has 0 saturated carbocycles. The lowest BCUT2D eigenvalue weighted by Crippen LogP contribution is -2.52. The van der Waals surface area contributed by atoms with Crippen LogP contribution in [0.5, 0.6) is 0 Å². The Labute approximate surface area is 161 Å². The molecule has 0 unspecified atom stereocenters. The smallest absolute Gasteiger partial charge is 0.226 e. The monoisotopic (exact) mass is 370 g/mol. The number of nitrogens with one attached hydrogen (secondary N) is 1. The largest absolute Gasteiger partial charge is 0.368 e. The van der Waals surface area contributed by atoms with Crippen molar-refractivity contribution < 1.29 is 4.52 Å². The second kappa shape index (κ2) is 8.88. The van der Waals surface area contributed by atoms with Crippen LogP contribution >= 0.6 is 0 Å². The molecule has 7 nitrogen and oxygen atoms in total. The normalized spacial score (nSPS) is 15.3. The topological polar surface area (TPSA) is 69.8 Å². The van der Waals surface area contributed by atoms with E-state index >= 15 is 0 Å². The molecular formula is C20H30N6O. The summed E-state index contributed by atoms with van der Waals surface area (Å²) in [5.74, 6) is 2.36. The third-order valence-electron chi connectivity index (χ3n) is 5.13. The Kier molecular flexibility index (Phi) is 6.32. The molecule has 146 valence electrons. The van der Waals surface area contributed by atoms with Gasteiger partial charge in [0.15, 0.2) is 11.8 Å². The van der Waals surface area contributed by atoms with Gasteiger partial charge in [-0.1, -0.05) is 17.3 Å². The zero-order valence-corrected chi connectivity index (χ0v) is 16.8. The lowest BCUT2D eigenvalue weighted by molar-refractivity contribution is 0.365. The Morgan fingerprint density at radius 2 is 1.96 bits per heavy atom. The molecule has 1 aromatic heterocycles. The molecule has 2 heterocycles. The Balaban J connectivity index is 1.46. The second-order valence-electron chi connectivity index (χ2n) is 7.01. The van der Waals surface area contributed by atoms with Crippen LogP contribution in [0.1, 0.15) is 29.3 Å². The van der Waals surface area contributed by atoms with Crippen molar-refractivity contribution in [3.63, 3.8) is 0 Å². The fourth-order valence-corrected chi connectivity index (χ4v) is 3.45. The Bertz CT molecular complexity index is 777. The van der Waals surface area contributed by atoms with Crippen LogP contribution in [0.15, 0.2) is 27.7 Å². The third-order valence-corrected chi connectivity index (χ3v) is 5.13. The van der Waals surface area contributed by atoms with Crippen molar-refractivity contribution >= 4 is 11.6 Å². The van der Waals surface area contributed by atoms with Gasteiger partial charge in [-0.2, -0.15) is 4.98 Å². The van der Waals surface area contributed by atoms with Gasteiger partial charge in [-0.3, -0.25) is 4.99 Å². The van der Waals surface area contributed by atoms with E-state index in [2.05, 4.69) is 62.3 Å². The minimum atomic E-state index is 0.690. The van der Waals surface area contributed by atoms with Gasteiger partial charge in [-0.25, -0.2) is 0 Å². The highest BCUT2D eigenvalue weighted by atomic mass is 16.5. The summed E-state index contributed by atoms with van der Waals surface area (Å²) in [4.78, 5) is 13.5. The van der Waals surface area contributed by atoms with Crippen molar-refractivity contribution in [1.29, 1.82) is 0 Å². The predicted octanol–water partition coefficient (Wildman–Crippen LogP) is 2.33. The van der Waals surface area contributed by atoms with Crippen molar-refractivity contribution in [2.24, 2.45) is 4.99 Å². The number of aromatic nitrogens is 2. The average Bonchev–Trinajstić information content (AvgIpc) is 3.10. The Morgan fingerprint density at radius 3 is 2.63 bits per heavy atom. The zero-order chi connectivity index (χ0) is 19.2. The number of nitrogens with zero attached hydrogens (tertiary/aromatic N) is 5. The number of piperazine rings is 1. The van der Waals surface area contributed by atoms with E-state index in [1.807, 2.05) is 14.0 Å². The molecular weight excluding hydrogens is 340 g/mol. The standard InChI is InChI=1S/C20H30N6O/c1-15-7-5-8-18(16(15)2)25-11-13-26(14-12-25)20(21-4)22-10-6-9-19-23-17(3)24-27-19/h5,7-8H,6,9-14H2,1-4H3,(H,21,22). The third kappa shape index (κ3) is 4.78. The lowest BCUT2D eigenvalue weighted by Gasteiger charge is -2.38. The van der Waals surface area contributed by atoms with Crippen LogP contribution in [-0.2, 0) is 6.42 Å². The van der Waals surface area contributed by atoms with Crippen LogP contribution in [0.2, 0.25) is 0 Å². The Morgan fingerprint density at radius 1 is 1.19 bits per heavy atom. The minimum absolute atomic E-state index is 0.690. The van der Waals surface area contributed by atoms with Gasteiger partial charge in [0, 0.05) is 51.9 Å². The molecule has 1 fully saturated rings. The van der Waals surface area contributed by atoms with Gasteiger partial charge in [-0.15, -0.1) is 0 Å². The number of benzene rings is 1. The SMILES string of the molecule is CN=C(NCCCc1nc(C)no1)N1CCN(c2cccc(C)c2C)CC1. The summed E-state index contributed by atoms with van der Waals surface area (Å²) in [6.45, 7) is 11.0. The highest BCUT2D eigenvalue weighted by Gasteiger charge is 2.20. The number of guanidine groups is 1. The van der Waals surface area contributed by atoms with Crippen LogP contribution in [0, 0.1) is 20.8 Å². The predicted molar refractivity (Wildman–Crippen MR) is 108 cm³/mol. The molecule has 0 atom stereocenters. The molecule has 7 heteroatoms. The second-order valence-corrected chi connectivity index (χ2v) is 7.01. The molecule has 1 aromatic carbocycles. The molecule has 0 radical (unpaired) electrons. The number of hydrogen-bond donors (Lipinski definition) is 1. The zero-order valence-electron chi connectivity index (χ0n) is 16.8. The van der Waals surface area contributed by atoms with Crippen LogP contribution in [0.25, 0.3) is 0 Å². The van der Waals surface area contributed by atoms with E-state index in [9.17, 15) is 0 Å². The van der Waals surface area contributed by atoms with Crippen molar-refractivity contribution in [3.05, 3.63) is 41.0 Å². The Hall–Kier alpha value is -2.57. The summed E-state index contributed by atoms with van der Waals surface area (Å²) in [7, 11) is 1.85. The highest BCUT2D eigenvalue weighted by molar-refractivity contribution is 5.80. The van der Waals surface area contributed by atoms with Crippen molar-refractivity contribution in [2.45, 2.75) is 33.6 Å². The molecule has 3 rings (SSSR count). The van der Waals surface area contributed by atoms with Crippen LogP contribution in [0.4, 0.5) is 5.69 Å². The van der Waals surface area contributed by atoms with Gasteiger partial charge in [-0.05, 0) is 44.4 Å². The molecule has 1 saturated heterocycles. The first-order valence-corrected chi connectivity index (χ1v) is 9.64. The summed E-state index contributed by atoms with van der Waals surface area (Å²) in [6, 6.07) is 6.55. The minimum Gasteiger partial charge on any atom is -0.368 e. The maximum atomic E-state index is 5.15. The summed E-state index contributed by atoms with van der Waals surface area (Å²) in [6.07, 6.45) is 1.72. The van der Waals surface area contributed by atoms with Gasteiger partial charge in [0.2, 0.25) is 5.89 Å². The average molecular weight is 371 g/mol. The summed E-state index contributed by atoms with van der Waals surface area (Å²) in [5, 5.41) is 7.28. The van der Waals surface area contributed by atoms with E-state index in [0.717, 1.165) is 51.5 Å². The first kappa shape index (κ1) is 19.2. The lowest BCUT2D eigenvalue weighted by atomic mass is 10.1. The van der Waals surface area contributed by atoms with Gasteiger partial charge in [0.1, 0.15) is 0 Å². The van der Waals surface area contributed by atoms with E-state index in [1.165, 1.54) is 16.8 Å². The molecule has 0 spiro atoms. The van der Waals surface area contributed by atoms with Crippen LogP contribution in [0.3, 0.4) is 0 Å². The maximum Gasteiger partial charge on any atom is 0.226 e. The van der Waals surface area contributed by atoms with E-state index in [0.29, 0.717) is 11.7 Å². The molecule has 1 N–H and O–H groups in total. The molecule has 1 aliphatic heterocycles. The number of aliphatic imine (C=N–C) groups is 1. The highest BCUT2D eigenvalue weighted by Crippen LogP contribution is 2.23. The summed E-state index contributed by atoms with van der Waals surface area (Å²) < 4.78 is 5.15. The summed E-state index contributed by atoms with van der Waals surface area (Å²) >= 11 is 0. The summed E-state index contributed by atoms with van der Waals surface area (Å²) in [5.41, 5.74) is 4.08. The van der Waals surface area contributed by atoms with Crippen LogP contribution < -0.4 is 10.2 Å². The van der Waals surface area contributed by atoms with Gasteiger partial charge in [0.25, 0.3) is 0 Å². The van der Waals surface area contributed by atoms with Gasteiger partial charge < -0.3 is 19.6 Å². The van der Waals surface area contributed by atoms with Gasteiger partial charge >= 0.3 is 0 Å². The number of rotatable bonds is 5. The quantitative estimate of drug-likeness (QED) is 0.495. The van der Waals surface area contributed by atoms with Gasteiger partial charge in [0.05, 0.1) is 0 Å². The van der Waals surface area contributed by atoms with E-state index in [-0.39, 0.29) is 0 Å². The maximum absolute atomic E-state index is 5.15. The molecule has 1 aliphatic rings. The van der Waals surface area contributed by atoms with E-state index < -0.39 is 0 Å².